The van der Waals surface area contributed by atoms with Crippen LogP contribution >= 0.6 is 34.7 Å². The van der Waals surface area contributed by atoms with E-state index in [0.717, 1.165) is 17.3 Å². The molecule has 0 fully saturated rings. The zero-order chi connectivity index (χ0) is 20.9. The number of ether oxygens (including phenoxy) is 1. The molecule has 0 saturated heterocycles. The lowest BCUT2D eigenvalue weighted by molar-refractivity contribution is 0.102. The molecule has 0 N–H and O–H groups in total. The zero-order valence-corrected chi connectivity index (χ0v) is 18.5. The van der Waals surface area contributed by atoms with E-state index in [9.17, 15) is 4.79 Å². The van der Waals surface area contributed by atoms with E-state index in [1.807, 2.05) is 40.3 Å². The predicted octanol–water partition coefficient (Wildman–Crippen LogP) is 5.56. The maximum atomic E-state index is 12.6. The lowest BCUT2D eigenvalue weighted by Gasteiger charge is -2.10. The Hall–Kier alpha value is -2.61. The third-order valence-corrected chi connectivity index (χ3v) is 6.50. The van der Waals surface area contributed by atoms with Crippen LogP contribution in [0.5, 0.6) is 5.75 Å². The van der Waals surface area contributed by atoms with Gasteiger partial charge < -0.3 is 4.74 Å². The highest BCUT2D eigenvalue weighted by Crippen LogP contribution is 2.26. The number of thioether (sulfide) groups is 1. The molecule has 2 aromatic heterocycles. The molecular formula is C22H18ClN3O2S2. The van der Waals surface area contributed by atoms with Gasteiger partial charge in [-0.1, -0.05) is 29.4 Å². The molecule has 0 saturated carbocycles. The van der Waals surface area contributed by atoms with Gasteiger partial charge in [0.25, 0.3) is 0 Å². The van der Waals surface area contributed by atoms with Crippen molar-refractivity contribution in [2.45, 2.75) is 11.6 Å². The van der Waals surface area contributed by atoms with Crippen LogP contribution in [-0.2, 0) is 6.42 Å². The highest BCUT2D eigenvalue weighted by atomic mass is 35.5. The van der Waals surface area contributed by atoms with Gasteiger partial charge in [0.2, 0.25) is 0 Å². The summed E-state index contributed by atoms with van der Waals surface area (Å²) >= 11 is 8.97. The molecule has 30 heavy (non-hydrogen) atoms. The molecule has 0 unspecified atom stereocenters. The van der Waals surface area contributed by atoms with Crippen LogP contribution in [0.15, 0.2) is 71.2 Å². The number of ketones is 1. The highest BCUT2D eigenvalue weighted by molar-refractivity contribution is 7.99. The topological polar surface area (TPSA) is 57.0 Å². The first-order chi connectivity index (χ1) is 14.6. The summed E-state index contributed by atoms with van der Waals surface area (Å²) in [5, 5.41) is 12.1. The monoisotopic (exact) mass is 455 g/mol. The van der Waals surface area contributed by atoms with Gasteiger partial charge in [-0.05, 0) is 60.0 Å². The summed E-state index contributed by atoms with van der Waals surface area (Å²) in [7, 11) is 1.64. The first-order valence-corrected chi connectivity index (χ1v) is 11.4. The van der Waals surface area contributed by atoms with Gasteiger partial charge in [0.05, 0.1) is 12.9 Å². The number of nitrogens with zero attached hydrogens (tertiary/aromatic N) is 3. The molecule has 152 valence electrons. The van der Waals surface area contributed by atoms with Gasteiger partial charge in [0.1, 0.15) is 11.6 Å². The maximum Gasteiger partial charge on any atom is 0.196 e. The van der Waals surface area contributed by atoms with E-state index in [1.54, 1.807) is 42.7 Å². The van der Waals surface area contributed by atoms with Crippen LogP contribution in [0.4, 0.5) is 0 Å². The minimum Gasteiger partial charge on any atom is -0.497 e. The summed E-state index contributed by atoms with van der Waals surface area (Å²) in [6.45, 7) is 0. The molecule has 0 aliphatic rings. The molecule has 0 radical (unpaired) electrons. The standard InChI is InChI=1S/C22H18ClN3O2S2/c1-28-18-10-8-17(9-11-18)26-21(13-19-3-2-12-29-19)24-25-22(26)30-14-20(27)15-4-6-16(23)7-5-15/h2-12H,13-14H2,1H3. The number of methoxy groups -OCH3 is 1. The molecule has 0 bridgehead atoms. The summed E-state index contributed by atoms with van der Waals surface area (Å²) in [5.74, 6) is 1.87. The number of carbonyl (C=O) groups is 1. The molecule has 8 heteroatoms. The number of hydrogen-bond acceptors (Lipinski definition) is 6. The summed E-state index contributed by atoms with van der Waals surface area (Å²) in [6.07, 6.45) is 0.669. The normalized spacial score (nSPS) is 10.9. The molecule has 4 rings (SSSR count). The van der Waals surface area contributed by atoms with Crippen molar-refractivity contribution in [1.82, 2.24) is 14.8 Å². The SMILES string of the molecule is COc1ccc(-n2c(Cc3cccs3)nnc2SCC(=O)c2ccc(Cl)cc2)cc1. The van der Waals surface area contributed by atoms with E-state index >= 15 is 0 Å². The average molecular weight is 456 g/mol. The van der Waals surface area contributed by atoms with Crippen LogP contribution in [0, 0.1) is 0 Å². The number of carbonyl (C=O) groups excluding carboxylic acids is 1. The van der Waals surface area contributed by atoms with Crippen LogP contribution in [0.2, 0.25) is 5.02 Å². The number of benzene rings is 2. The van der Waals surface area contributed by atoms with Gasteiger partial charge in [-0.25, -0.2) is 0 Å². The second-order valence-corrected chi connectivity index (χ2v) is 8.82. The second-order valence-electron chi connectivity index (χ2n) is 6.41. The Labute approximate surface area is 187 Å². The lowest BCUT2D eigenvalue weighted by atomic mass is 10.1. The minimum absolute atomic E-state index is 0.0146. The Bertz CT molecular complexity index is 1120. The molecule has 0 aliphatic carbocycles. The van der Waals surface area contributed by atoms with Crippen LogP contribution in [0.1, 0.15) is 21.1 Å². The van der Waals surface area contributed by atoms with E-state index in [2.05, 4.69) is 16.3 Å². The summed E-state index contributed by atoms with van der Waals surface area (Å²) in [5.41, 5.74) is 1.55. The van der Waals surface area contributed by atoms with Gasteiger partial charge in [-0.15, -0.1) is 21.5 Å². The van der Waals surface area contributed by atoms with Crippen LogP contribution < -0.4 is 4.74 Å². The van der Waals surface area contributed by atoms with Crippen molar-refractivity contribution in [2.24, 2.45) is 0 Å². The molecule has 0 spiro atoms. The molecule has 2 aromatic carbocycles. The van der Waals surface area contributed by atoms with Crippen LogP contribution in [0.3, 0.4) is 0 Å². The van der Waals surface area contributed by atoms with Crippen LogP contribution in [-0.4, -0.2) is 33.4 Å². The fraction of sp³-hybridized carbons (Fsp3) is 0.136. The van der Waals surface area contributed by atoms with Gasteiger partial charge >= 0.3 is 0 Å². The highest BCUT2D eigenvalue weighted by Gasteiger charge is 2.17. The van der Waals surface area contributed by atoms with Gasteiger partial charge in [-0.2, -0.15) is 0 Å². The van der Waals surface area contributed by atoms with Gasteiger partial charge in [0.15, 0.2) is 10.9 Å². The number of halogens is 1. The van der Waals surface area contributed by atoms with E-state index in [-0.39, 0.29) is 11.5 Å². The summed E-state index contributed by atoms with van der Waals surface area (Å²) in [6, 6.07) is 18.7. The Morgan fingerprint density at radius 3 is 2.53 bits per heavy atom. The first-order valence-electron chi connectivity index (χ1n) is 9.16. The minimum atomic E-state index is 0.0146. The quantitative estimate of drug-likeness (QED) is 0.257. The summed E-state index contributed by atoms with van der Waals surface area (Å²) < 4.78 is 7.27. The number of aromatic nitrogens is 3. The van der Waals surface area contributed by atoms with Gasteiger partial charge in [-0.3, -0.25) is 9.36 Å². The first kappa shape index (κ1) is 20.7. The largest absolute Gasteiger partial charge is 0.497 e. The average Bonchev–Trinajstić information content (AvgIpc) is 3.43. The van der Waals surface area contributed by atoms with Crippen molar-refractivity contribution < 1.29 is 9.53 Å². The van der Waals surface area contributed by atoms with E-state index in [1.165, 1.54) is 16.6 Å². The fourth-order valence-corrected chi connectivity index (χ4v) is 4.61. The molecule has 0 amide bonds. The smallest absolute Gasteiger partial charge is 0.196 e. The van der Waals surface area contributed by atoms with Crippen molar-refractivity contribution >= 4 is 40.5 Å². The van der Waals surface area contributed by atoms with Crippen molar-refractivity contribution in [3.8, 4) is 11.4 Å². The maximum absolute atomic E-state index is 12.6. The Morgan fingerprint density at radius 1 is 1.10 bits per heavy atom. The molecule has 0 aliphatic heterocycles. The number of Topliss-reactive ketones (excluding diaryl/α,β-unsaturated/α-hetero) is 1. The third-order valence-electron chi connectivity index (χ3n) is 4.44. The number of hydrogen-bond donors (Lipinski definition) is 0. The Balaban J connectivity index is 1.60. The lowest BCUT2D eigenvalue weighted by Crippen LogP contribution is -2.06. The van der Waals surface area contributed by atoms with Crippen LogP contribution in [0.25, 0.3) is 5.69 Å². The third kappa shape index (κ3) is 4.75. The van der Waals surface area contributed by atoms with E-state index in [0.29, 0.717) is 22.2 Å². The molecule has 4 aromatic rings. The molecule has 2 heterocycles. The summed E-state index contributed by atoms with van der Waals surface area (Å²) in [4.78, 5) is 13.8. The second kappa shape index (κ2) is 9.47. The zero-order valence-electron chi connectivity index (χ0n) is 16.1. The number of thiophene rings is 1. The van der Waals surface area contributed by atoms with E-state index < -0.39 is 0 Å². The Kier molecular flexibility index (Phi) is 6.52. The predicted molar refractivity (Wildman–Crippen MR) is 122 cm³/mol. The van der Waals surface area contributed by atoms with Crippen molar-refractivity contribution in [3.63, 3.8) is 0 Å². The van der Waals surface area contributed by atoms with E-state index in [4.69, 9.17) is 16.3 Å². The van der Waals surface area contributed by atoms with Gasteiger partial charge in [0, 0.05) is 27.6 Å². The van der Waals surface area contributed by atoms with Crippen molar-refractivity contribution in [1.29, 1.82) is 0 Å². The molecule has 5 nitrogen and oxygen atoms in total. The van der Waals surface area contributed by atoms with Crippen molar-refractivity contribution in [3.05, 3.63) is 87.3 Å². The fourth-order valence-electron chi connectivity index (χ4n) is 2.92. The molecular weight excluding hydrogens is 438 g/mol. The number of rotatable bonds is 8. The Morgan fingerprint density at radius 2 is 1.87 bits per heavy atom. The van der Waals surface area contributed by atoms with Crippen molar-refractivity contribution in [2.75, 3.05) is 12.9 Å². The molecule has 0 atom stereocenters.